The number of benzene rings is 4. The van der Waals surface area contributed by atoms with Crippen molar-refractivity contribution in [1.82, 2.24) is 9.97 Å². The Morgan fingerprint density at radius 3 is 1.64 bits per heavy atom. The highest BCUT2D eigenvalue weighted by atomic mass is 16.6. The standard InChI is InChI=1S/C39H35N3O5/c1-39(2,26-40-47-25-37(43)44)38(29-13-19-33(20-14-29)45-23-31-17-11-27-7-3-5-9-35(27)41-31)30-15-21-34(22-16-30)46-24-32-18-12-28-8-4-6-10-36(28)42-32/h3-22,26,38H,23-25H2,1-2H3,(H,43,44)/b40-26-. The Kier molecular flexibility index (Phi) is 9.38. The fourth-order valence-corrected chi connectivity index (χ4v) is 5.60. The van der Waals surface area contributed by atoms with Crippen LogP contribution in [0.3, 0.4) is 0 Å². The maximum Gasteiger partial charge on any atom is 0.344 e. The molecule has 0 atom stereocenters. The molecule has 1 N–H and O–H groups in total. The van der Waals surface area contributed by atoms with Gasteiger partial charge in [-0.15, -0.1) is 0 Å². The van der Waals surface area contributed by atoms with Gasteiger partial charge in [0, 0.05) is 22.1 Å². The van der Waals surface area contributed by atoms with E-state index in [1.807, 2.05) is 123 Å². The number of ether oxygens (including phenoxy) is 2. The Morgan fingerprint density at radius 1 is 0.702 bits per heavy atom. The zero-order valence-electron chi connectivity index (χ0n) is 26.2. The van der Waals surface area contributed by atoms with Gasteiger partial charge in [-0.1, -0.05) is 91.8 Å². The highest BCUT2D eigenvalue weighted by molar-refractivity contribution is 5.79. The van der Waals surface area contributed by atoms with Gasteiger partial charge in [-0.05, 0) is 59.7 Å². The molecule has 0 aliphatic rings. The van der Waals surface area contributed by atoms with E-state index in [1.165, 1.54) is 0 Å². The highest BCUT2D eigenvalue weighted by Gasteiger charge is 2.31. The molecule has 0 bridgehead atoms. The quantitative estimate of drug-likeness (QED) is 0.102. The molecule has 0 aliphatic heterocycles. The van der Waals surface area contributed by atoms with E-state index in [-0.39, 0.29) is 5.92 Å². The fourth-order valence-electron chi connectivity index (χ4n) is 5.60. The number of carboxylic acid groups (broad SMARTS) is 1. The molecule has 0 saturated heterocycles. The van der Waals surface area contributed by atoms with Crippen molar-refractivity contribution in [3.8, 4) is 11.5 Å². The lowest BCUT2D eigenvalue weighted by molar-refractivity contribution is -0.142. The minimum absolute atomic E-state index is 0.146. The normalized spacial score (nSPS) is 11.7. The van der Waals surface area contributed by atoms with Gasteiger partial charge in [-0.3, -0.25) is 0 Å². The molecule has 8 heteroatoms. The number of aliphatic carboxylic acids is 1. The number of para-hydroxylation sites is 2. The molecule has 236 valence electrons. The van der Waals surface area contributed by atoms with Gasteiger partial charge in [-0.2, -0.15) is 0 Å². The molecule has 2 heterocycles. The van der Waals surface area contributed by atoms with Crippen molar-refractivity contribution in [3.05, 3.63) is 144 Å². The molecule has 0 aliphatic carbocycles. The van der Waals surface area contributed by atoms with Gasteiger partial charge in [0.25, 0.3) is 0 Å². The fraction of sp³-hybridized carbons (Fsp3) is 0.179. The van der Waals surface area contributed by atoms with Crippen molar-refractivity contribution in [3.63, 3.8) is 0 Å². The Bertz CT molecular complexity index is 1880. The Morgan fingerprint density at radius 2 is 1.17 bits per heavy atom. The summed E-state index contributed by atoms with van der Waals surface area (Å²) in [6.07, 6.45) is 1.66. The van der Waals surface area contributed by atoms with Crippen LogP contribution in [0.25, 0.3) is 21.8 Å². The molecule has 0 radical (unpaired) electrons. The van der Waals surface area contributed by atoms with E-state index in [2.05, 4.69) is 17.3 Å². The van der Waals surface area contributed by atoms with Crippen LogP contribution in [0, 0.1) is 5.41 Å². The number of carbonyl (C=O) groups is 1. The molecule has 47 heavy (non-hydrogen) atoms. The molecule has 0 saturated carbocycles. The number of pyridine rings is 2. The third-order valence-corrected chi connectivity index (χ3v) is 7.90. The summed E-state index contributed by atoms with van der Waals surface area (Å²) in [5.41, 5.74) is 5.09. The van der Waals surface area contributed by atoms with E-state index < -0.39 is 18.0 Å². The molecule has 8 nitrogen and oxygen atoms in total. The topological polar surface area (TPSA) is 103 Å². The SMILES string of the molecule is CC(C)(/C=N\OCC(=O)O)C(c1ccc(OCc2ccc3ccccc3n2)cc1)c1ccc(OCc2ccc3ccccc3n2)cc1. The van der Waals surface area contributed by atoms with Gasteiger partial charge in [0.2, 0.25) is 6.61 Å². The number of fused-ring (bicyclic) bond motifs is 2. The maximum atomic E-state index is 10.9. The zero-order valence-corrected chi connectivity index (χ0v) is 26.2. The van der Waals surface area contributed by atoms with E-state index in [0.717, 1.165) is 55.8 Å². The number of carboxylic acids is 1. The van der Waals surface area contributed by atoms with Gasteiger partial charge in [-0.25, -0.2) is 14.8 Å². The van der Waals surface area contributed by atoms with Crippen LogP contribution in [0.4, 0.5) is 0 Å². The summed E-state index contributed by atoms with van der Waals surface area (Å²) in [6, 6.07) is 40.0. The lowest BCUT2D eigenvalue weighted by Gasteiger charge is -2.32. The van der Waals surface area contributed by atoms with Crippen LogP contribution in [-0.2, 0) is 22.8 Å². The Labute approximate surface area is 273 Å². The van der Waals surface area contributed by atoms with Crippen LogP contribution in [0.1, 0.15) is 42.3 Å². The van der Waals surface area contributed by atoms with E-state index in [1.54, 1.807) is 6.21 Å². The van der Waals surface area contributed by atoms with Gasteiger partial charge in [0.1, 0.15) is 24.7 Å². The Balaban J connectivity index is 1.18. The molecule has 0 spiro atoms. The smallest absolute Gasteiger partial charge is 0.344 e. The average Bonchev–Trinajstić information content (AvgIpc) is 3.09. The predicted octanol–water partition coefficient (Wildman–Crippen LogP) is 8.19. The molecule has 0 fully saturated rings. The summed E-state index contributed by atoms with van der Waals surface area (Å²) in [6.45, 7) is 4.27. The molecule has 4 aromatic carbocycles. The largest absolute Gasteiger partial charge is 0.487 e. The summed E-state index contributed by atoms with van der Waals surface area (Å²) < 4.78 is 12.2. The van der Waals surface area contributed by atoms with Gasteiger partial charge < -0.3 is 19.4 Å². The van der Waals surface area contributed by atoms with Crippen molar-refractivity contribution >= 4 is 34.0 Å². The zero-order chi connectivity index (χ0) is 32.6. The molecule has 6 aromatic rings. The summed E-state index contributed by atoms with van der Waals surface area (Å²) in [4.78, 5) is 25.4. The van der Waals surface area contributed by atoms with Crippen LogP contribution in [0.5, 0.6) is 11.5 Å². The van der Waals surface area contributed by atoms with E-state index >= 15 is 0 Å². The number of oxime groups is 1. The lowest BCUT2D eigenvalue weighted by Crippen LogP contribution is -2.25. The van der Waals surface area contributed by atoms with Gasteiger partial charge in [0.15, 0.2) is 0 Å². The monoisotopic (exact) mass is 625 g/mol. The van der Waals surface area contributed by atoms with Crippen LogP contribution in [0.15, 0.2) is 126 Å². The highest BCUT2D eigenvalue weighted by Crippen LogP contribution is 2.41. The predicted molar refractivity (Wildman–Crippen MR) is 183 cm³/mol. The number of hydrogen-bond acceptors (Lipinski definition) is 7. The van der Waals surface area contributed by atoms with E-state index in [9.17, 15) is 4.79 Å². The van der Waals surface area contributed by atoms with Crippen LogP contribution < -0.4 is 9.47 Å². The van der Waals surface area contributed by atoms with Crippen LogP contribution >= 0.6 is 0 Å². The van der Waals surface area contributed by atoms with Crippen molar-refractivity contribution in [1.29, 1.82) is 0 Å². The molecule has 0 amide bonds. The molecule has 0 unspecified atom stereocenters. The molecule has 6 rings (SSSR count). The minimum atomic E-state index is -1.08. The second kappa shape index (κ2) is 14.1. The molecular formula is C39H35N3O5. The summed E-state index contributed by atoms with van der Waals surface area (Å²) in [5, 5.41) is 15.1. The van der Waals surface area contributed by atoms with Gasteiger partial charge in [0.05, 0.1) is 28.6 Å². The third kappa shape index (κ3) is 7.91. The van der Waals surface area contributed by atoms with E-state index in [0.29, 0.717) is 13.2 Å². The first-order chi connectivity index (χ1) is 22.8. The third-order valence-electron chi connectivity index (χ3n) is 7.90. The number of nitrogens with zero attached hydrogens (tertiary/aromatic N) is 3. The first-order valence-electron chi connectivity index (χ1n) is 15.4. The van der Waals surface area contributed by atoms with Crippen molar-refractivity contribution < 1.29 is 24.2 Å². The summed E-state index contributed by atoms with van der Waals surface area (Å²) in [7, 11) is 0. The number of hydrogen-bond donors (Lipinski definition) is 1. The van der Waals surface area contributed by atoms with Gasteiger partial charge >= 0.3 is 5.97 Å². The molecule has 2 aromatic heterocycles. The first kappa shape index (κ1) is 31.2. The van der Waals surface area contributed by atoms with E-state index in [4.69, 9.17) is 29.4 Å². The second-order valence-corrected chi connectivity index (χ2v) is 11.9. The lowest BCUT2D eigenvalue weighted by atomic mass is 9.72. The van der Waals surface area contributed by atoms with Crippen molar-refractivity contribution in [2.45, 2.75) is 33.0 Å². The maximum absolute atomic E-state index is 10.9. The summed E-state index contributed by atoms with van der Waals surface area (Å²) in [5.74, 6) is 0.224. The minimum Gasteiger partial charge on any atom is -0.487 e. The Hall–Kier alpha value is -5.76. The average molecular weight is 626 g/mol. The van der Waals surface area contributed by atoms with Crippen LogP contribution in [0.2, 0.25) is 0 Å². The van der Waals surface area contributed by atoms with Crippen LogP contribution in [-0.4, -0.2) is 33.9 Å². The molecular weight excluding hydrogens is 590 g/mol. The van der Waals surface area contributed by atoms with Crippen molar-refractivity contribution in [2.24, 2.45) is 10.6 Å². The first-order valence-corrected chi connectivity index (χ1v) is 15.4. The second-order valence-electron chi connectivity index (χ2n) is 11.9. The summed E-state index contributed by atoms with van der Waals surface area (Å²) >= 11 is 0. The number of rotatable bonds is 13. The van der Waals surface area contributed by atoms with Crippen molar-refractivity contribution in [2.75, 3.05) is 6.61 Å². The number of aromatic nitrogens is 2.